The summed E-state index contributed by atoms with van der Waals surface area (Å²) in [6.45, 7) is 5.49. The number of ether oxygens (including phenoxy) is 1. The van der Waals surface area contributed by atoms with Gasteiger partial charge in [-0.1, -0.05) is 18.5 Å². The van der Waals surface area contributed by atoms with Gasteiger partial charge in [0.05, 0.1) is 22.8 Å². The van der Waals surface area contributed by atoms with Crippen LogP contribution in [-0.2, 0) is 0 Å². The summed E-state index contributed by atoms with van der Waals surface area (Å²) >= 11 is 6.56. The summed E-state index contributed by atoms with van der Waals surface area (Å²) in [7, 11) is 1.72. The van der Waals surface area contributed by atoms with Crippen molar-refractivity contribution in [3.8, 4) is 17.1 Å². The van der Waals surface area contributed by atoms with Gasteiger partial charge in [0.1, 0.15) is 30.0 Å². The third-order valence-electron chi connectivity index (χ3n) is 6.49. The average Bonchev–Trinajstić information content (AvgIpc) is 2.89. The number of aliphatic hydroxyl groups excluding tert-OH is 2. The number of rotatable bonds is 11. The molecule has 0 saturated carbocycles. The summed E-state index contributed by atoms with van der Waals surface area (Å²) in [5.41, 5.74) is 1.73. The van der Waals surface area contributed by atoms with E-state index in [4.69, 9.17) is 31.7 Å². The van der Waals surface area contributed by atoms with Crippen LogP contribution in [0.5, 0.6) is 5.75 Å². The van der Waals surface area contributed by atoms with Gasteiger partial charge in [0, 0.05) is 56.0 Å². The van der Waals surface area contributed by atoms with Crippen LogP contribution in [0, 0.1) is 12.3 Å². The predicted octanol–water partition coefficient (Wildman–Crippen LogP) is 4.47. The normalized spacial score (nSPS) is 16.1. The van der Waals surface area contributed by atoms with Crippen molar-refractivity contribution in [2.24, 2.45) is 0 Å². The summed E-state index contributed by atoms with van der Waals surface area (Å²) in [5.74, 6) is 1.12. The second-order valence-corrected chi connectivity index (χ2v) is 10.1. The van der Waals surface area contributed by atoms with E-state index in [0.717, 1.165) is 0 Å². The quantitative estimate of drug-likeness (QED) is 0.226. The summed E-state index contributed by atoms with van der Waals surface area (Å²) in [4.78, 5) is 12.7. The maximum absolute atomic E-state index is 12.9. The summed E-state index contributed by atoms with van der Waals surface area (Å²) in [6.07, 6.45) is -4.73. The minimum atomic E-state index is -4.28. The lowest BCUT2D eigenvalue weighted by Gasteiger charge is -2.36. The Balaban J connectivity index is 2.08. The van der Waals surface area contributed by atoms with Crippen molar-refractivity contribution < 1.29 is 28.1 Å². The zero-order valence-electron chi connectivity index (χ0n) is 23.1. The Morgan fingerprint density at radius 2 is 1.90 bits per heavy atom. The van der Waals surface area contributed by atoms with Gasteiger partial charge in [-0.15, -0.1) is 0 Å². The summed E-state index contributed by atoms with van der Waals surface area (Å²) < 4.78 is 44.5. The lowest BCUT2D eigenvalue weighted by atomic mass is 10.00. The molecule has 1 saturated heterocycles. The molecule has 220 valence electrons. The molecule has 0 bridgehead atoms. The molecule has 40 heavy (non-hydrogen) atoms. The second-order valence-electron chi connectivity index (χ2n) is 9.69. The van der Waals surface area contributed by atoms with Gasteiger partial charge in [0.2, 0.25) is 0 Å². The smallest absolute Gasteiger partial charge is 0.401 e. The predicted molar refractivity (Wildman–Crippen MR) is 151 cm³/mol. The maximum atomic E-state index is 12.9. The Morgan fingerprint density at radius 3 is 2.48 bits per heavy atom. The highest BCUT2D eigenvalue weighted by Crippen LogP contribution is 2.35. The van der Waals surface area contributed by atoms with E-state index in [0.29, 0.717) is 53.0 Å². The molecule has 2 aromatic rings. The Morgan fingerprint density at radius 1 is 1.23 bits per heavy atom. The van der Waals surface area contributed by atoms with Crippen LogP contribution in [0.15, 0.2) is 24.0 Å². The number of anilines is 1. The van der Waals surface area contributed by atoms with Crippen LogP contribution in [0.4, 0.5) is 19.0 Å². The molecule has 0 aliphatic carbocycles. The first-order valence-electron chi connectivity index (χ1n) is 13.0. The number of benzene rings is 1. The lowest BCUT2D eigenvalue weighted by molar-refractivity contribution is -0.146. The van der Waals surface area contributed by atoms with Crippen molar-refractivity contribution in [3.63, 3.8) is 0 Å². The van der Waals surface area contributed by atoms with Gasteiger partial charge < -0.3 is 30.6 Å². The lowest BCUT2D eigenvalue weighted by Crippen LogP contribution is -2.49. The summed E-state index contributed by atoms with van der Waals surface area (Å²) in [6, 6.07) is 4.93. The molecule has 1 aromatic carbocycles. The van der Waals surface area contributed by atoms with Crippen LogP contribution >= 0.6 is 11.6 Å². The van der Waals surface area contributed by atoms with Crippen LogP contribution in [-0.4, -0.2) is 96.0 Å². The number of allylic oxidation sites excluding steroid dienone is 2. The van der Waals surface area contributed by atoms with Crippen molar-refractivity contribution in [1.82, 2.24) is 20.2 Å². The monoisotopic (exact) mass is 584 g/mol. The fraction of sp³-hybridized carbons (Fsp3) is 0.519. The number of hydrogen-bond donors (Lipinski definition) is 4. The molecule has 1 atom stereocenters. The van der Waals surface area contributed by atoms with E-state index in [1.807, 2.05) is 4.90 Å². The van der Waals surface area contributed by atoms with E-state index in [-0.39, 0.29) is 49.0 Å². The molecule has 13 heteroatoms. The Hall–Kier alpha value is -2.93. The zero-order valence-corrected chi connectivity index (χ0v) is 23.8. The van der Waals surface area contributed by atoms with Gasteiger partial charge in [0.25, 0.3) is 0 Å². The fourth-order valence-electron chi connectivity index (χ4n) is 4.51. The molecule has 0 radical (unpaired) electrons. The van der Waals surface area contributed by atoms with Crippen molar-refractivity contribution in [2.75, 3.05) is 57.8 Å². The Bertz CT molecular complexity index is 1230. The molecule has 9 nitrogen and oxygen atoms in total. The Kier molecular flexibility index (Phi) is 10.8. The Labute approximate surface area is 237 Å². The van der Waals surface area contributed by atoms with Gasteiger partial charge in [-0.25, -0.2) is 9.97 Å². The molecule has 3 rings (SSSR count). The molecule has 1 aliphatic rings. The van der Waals surface area contributed by atoms with Crippen molar-refractivity contribution in [2.45, 2.75) is 39.5 Å². The number of piperazine rings is 1. The van der Waals surface area contributed by atoms with Crippen molar-refractivity contribution in [1.29, 1.82) is 5.41 Å². The number of alkyl halides is 3. The van der Waals surface area contributed by atoms with Gasteiger partial charge >= 0.3 is 6.18 Å². The van der Waals surface area contributed by atoms with Crippen LogP contribution in [0.1, 0.15) is 31.5 Å². The maximum Gasteiger partial charge on any atom is 0.401 e. The van der Waals surface area contributed by atoms with E-state index in [2.05, 4.69) is 5.32 Å². The molecule has 1 fully saturated rings. The van der Waals surface area contributed by atoms with E-state index in [1.54, 1.807) is 46.0 Å². The molecule has 1 aromatic heterocycles. The van der Waals surface area contributed by atoms with Gasteiger partial charge in [-0.2, -0.15) is 13.2 Å². The first kappa shape index (κ1) is 31.6. The highest BCUT2D eigenvalue weighted by molar-refractivity contribution is 6.33. The van der Waals surface area contributed by atoms with Crippen molar-refractivity contribution in [3.05, 3.63) is 40.2 Å². The number of nitrogens with one attached hydrogen (secondary N) is 2. The number of aliphatic hydroxyl groups is 2. The molecule has 0 unspecified atom stereocenters. The van der Waals surface area contributed by atoms with Gasteiger partial charge in [0.15, 0.2) is 5.82 Å². The number of hydrogen-bond acceptors (Lipinski definition) is 9. The molecular formula is C27H36ClF3N6O3. The molecule has 2 heterocycles. The van der Waals surface area contributed by atoms with E-state index in [9.17, 15) is 23.4 Å². The molecule has 4 N–H and O–H groups in total. The fourth-order valence-corrected chi connectivity index (χ4v) is 4.71. The topological polar surface area (TPSA) is 118 Å². The first-order chi connectivity index (χ1) is 18.8. The van der Waals surface area contributed by atoms with E-state index in [1.165, 1.54) is 4.90 Å². The van der Waals surface area contributed by atoms with Crippen molar-refractivity contribution >= 4 is 28.7 Å². The van der Waals surface area contributed by atoms with Crippen LogP contribution < -0.4 is 15.0 Å². The van der Waals surface area contributed by atoms with Crippen LogP contribution in [0.2, 0.25) is 5.02 Å². The second kappa shape index (κ2) is 13.6. The van der Waals surface area contributed by atoms with E-state index >= 15 is 0 Å². The van der Waals surface area contributed by atoms with Gasteiger partial charge in [-0.3, -0.25) is 4.90 Å². The number of nitrogens with zero attached hydrogens (tertiary/aromatic N) is 4. The highest BCUT2D eigenvalue weighted by Gasteiger charge is 2.33. The molecule has 0 amide bonds. The number of likely N-dealkylation sites (N-methyl/N-ethyl adjacent to an activating group) is 1. The number of aromatic nitrogens is 2. The highest BCUT2D eigenvalue weighted by atomic mass is 35.5. The summed E-state index contributed by atoms with van der Waals surface area (Å²) in [5, 5.41) is 32.3. The molecule has 1 aliphatic heterocycles. The van der Waals surface area contributed by atoms with E-state index < -0.39 is 18.8 Å². The molecular weight excluding hydrogens is 549 g/mol. The van der Waals surface area contributed by atoms with Crippen LogP contribution in [0.25, 0.3) is 17.0 Å². The third kappa shape index (κ3) is 8.06. The molecule has 0 spiro atoms. The largest absolute Gasteiger partial charge is 0.512 e. The average molecular weight is 585 g/mol. The first-order valence-corrected chi connectivity index (χ1v) is 13.4. The van der Waals surface area contributed by atoms with Gasteiger partial charge in [-0.05, 0) is 39.1 Å². The third-order valence-corrected chi connectivity index (χ3v) is 6.82. The standard InChI is InChI=1S/C27H36ClF3N6O3/c1-5-22(39)23(17(3)32)24-16(2)26(37-10-8-36(9-11-37)15-27(29,30)31)35-25(34-24)20-12-19(6-7-21(20)28)40-14-18(38)13-33-4/h6-7,12,18,32-33,38-39H,5,8-11,13-15H2,1-4H3/b23-22+,32-17?/t18-/m1/s1. The van der Waals surface area contributed by atoms with Crippen LogP contribution in [0.3, 0.4) is 0 Å². The minimum Gasteiger partial charge on any atom is -0.512 e. The minimum absolute atomic E-state index is 0.0112. The SMILES string of the molecule is CC/C(O)=C(/C(C)=N)c1nc(-c2cc(OC[C@H](O)CNC)ccc2Cl)nc(N2CCN(CC(F)(F)F)CC2)c1C. The number of halogens is 4. The zero-order chi connectivity index (χ0) is 29.6.